The molecule has 60 valence electrons. The van der Waals surface area contributed by atoms with Gasteiger partial charge in [0.15, 0.2) is 0 Å². The van der Waals surface area contributed by atoms with Gasteiger partial charge in [0.1, 0.15) is 0 Å². The van der Waals surface area contributed by atoms with E-state index in [0.717, 1.165) is 12.1 Å². The SMILES string of the molecule is CC[C@H](C)c1cncc(N)c1. The molecular weight excluding hydrogens is 136 g/mol. The average molecular weight is 150 g/mol. The molecule has 1 aromatic rings. The van der Waals surface area contributed by atoms with Gasteiger partial charge in [-0.25, -0.2) is 0 Å². The molecule has 0 aliphatic carbocycles. The number of nitrogens with zero attached hydrogens (tertiary/aromatic N) is 1. The topological polar surface area (TPSA) is 38.9 Å². The molecule has 0 radical (unpaired) electrons. The molecule has 0 saturated heterocycles. The van der Waals surface area contributed by atoms with E-state index in [1.54, 1.807) is 6.20 Å². The zero-order chi connectivity index (χ0) is 8.27. The van der Waals surface area contributed by atoms with Crippen LogP contribution in [0.3, 0.4) is 0 Å². The van der Waals surface area contributed by atoms with Gasteiger partial charge in [-0.3, -0.25) is 4.98 Å². The first kappa shape index (κ1) is 8.05. The van der Waals surface area contributed by atoms with Crippen LogP contribution in [0.1, 0.15) is 31.7 Å². The highest BCUT2D eigenvalue weighted by Crippen LogP contribution is 2.18. The van der Waals surface area contributed by atoms with Gasteiger partial charge < -0.3 is 5.73 Å². The number of pyridine rings is 1. The van der Waals surface area contributed by atoms with Crippen molar-refractivity contribution in [2.75, 3.05) is 5.73 Å². The molecule has 11 heavy (non-hydrogen) atoms. The van der Waals surface area contributed by atoms with Crippen LogP contribution in [0.2, 0.25) is 0 Å². The van der Waals surface area contributed by atoms with Gasteiger partial charge in [0.25, 0.3) is 0 Å². The summed E-state index contributed by atoms with van der Waals surface area (Å²) in [6.45, 7) is 4.34. The van der Waals surface area contributed by atoms with Gasteiger partial charge in [0.05, 0.1) is 5.69 Å². The standard InChI is InChI=1S/C9H14N2/c1-3-7(2)8-4-9(10)6-11-5-8/h4-7H,3,10H2,1-2H3/t7-/m0/s1. The quantitative estimate of drug-likeness (QED) is 0.701. The summed E-state index contributed by atoms with van der Waals surface area (Å²) in [6.07, 6.45) is 4.68. The molecule has 0 aromatic carbocycles. The first-order chi connectivity index (χ1) is 5.24. The van der Waals surface area contributed by atoms with Crippen molar-refractivity contribution in [2.24, 2.45) is 0 Å². The molecule has 0 bridgehead atoms. The summed E-state index contributed by atoms with van der Waals surface area (Å²) in [6, 6.07) is 1.99. The maximum Gasteiger partial charge on any atom is 0.0503 e. The Bertz CT molecular complexity index is 233. The minimum atomic E-state index is 0.561. The van der Waals surface area contributed by atoms with E-state index in [-0.39, 0.29) is 0 Å². The fourth-order valence-electron chi connectivity index (χ4n) is 0.982. The first-order valence-electron chi connectivity index (χ1n) is 3.94. The van der Waals surface area contributed by atoms with E-state index in [4.69, 9.17) is 5.73 Å². The molecule has 2 N–H and O–H groups in total. The Kier molecular flexibility index (Phi) is 2.47. The van der Waals surface area contributed by atoms with Gasteiger partial charge in [-0.15, -0.1) is 0 Å². The van der Waals surface area contributed by atoms with E-state index < -0.39 is 0 Å². The van der Waals surface area contributed by atoms with Crippen molar-refractivity contribution in [3.63, 3.8) is 0 Å². The number of hydrogen-bond donors (Lipinski definition) is 1. The Labute approximate surface area is 67.5 Å². The number of aromatic nitrogens is 1. The first-order valence-corrected chi connectivity index (χ1v) is 3.94. The van der Waals surface area contributed by atoms with Gasteiger partial charge in [-0.1, -0.05) is 13.8 Å². The molecule has 0 saturated carbocycles. The molecule has 0 aliphatic rings. The van der Waals surface area contributed by atoms with Gasteiger partial charge in [0, 0.05) is 12.4 Å². The van der Waals surface area contributed by atoms with Crippen LogP contribution in [0, 0.1) is 0 Å². The summed E-state index contributed by atoms with van der Waals surface area (Å²) in [7, 11) is 0. The molecule has 1 atom stereocenters. The van der Waals surface area contributed by atoms with E-state index >= 15 is 0 Å². The lowest BCUT2D eigenvalue weighted by Gasteiger charge is -2.07. The predicted molar refractivity (Wildman–Crippen MR) is 47.4 cm³/mol. The van der Waals surface area contributed by atoms with Gasteiger partial charge in [0.2, 0.25) is 0 Å². The lowest BCUT2D eigenvalue weighted by atomic mass is 10.0. The lowest BCUT2D eigenvalue weighted by Crippen LogP contribution is -1.94. The van der Waals surface area contributed by atoms with Crippen LogP contribution in [0.25, 0.3) is 0 Å². The highest BCUT2D eigenvalue weighted by atomic mass is 14.7. The van der Waals surface area contributed by atoms with Crippen LogP contribution in [0.4, 0.5) is 5.69 Å². The van der Waals surface area contributed by atoms with Crippen LogP contribution in [0.5, 0.6) is 0 Å². The summed E-state index contributed by atoms with van der Waals surface area (Å²) < 4.78 is 0. The van der Waals surface area contributed by atoms with Crippen molar-refractivity contribution in [1.82, 2.24) is 4.98 Å². The minimum absolute atomic E-state index is 0.561. The van der Waals surface area contributed by atoms with Gasteiger partial charge in [-0.2, -0.15) is 0 Å². The third kappa shape index (κ3) is 1.93. The predicted octanol–water partition coefficient (Wildman–Crippen LogP) is 2.18. The summed E-state index contributed by atoms with van der Waals surface area (Å²) in [4.78, 5) is 4.03. The average Bonchev–Trinajstić information content (AvgIpc) is 2.03. The Hall–Kier alpha value is -1.05. The number of hydrogen-bond acceptors (Lipinski definition) is 2. The summed E-state index contributed by atoms with van der Waals surface area (Å²) in [5, 5.41) is 0. The van der Waals surface area contributed by atoms with E-state index in [0.29, 0.717) is 5.92 Å². The highest BCUT2D eigenvalue weighted by molar-refractivity contribution is 5.38. The van der Waals surface area contributed by atoms with Crippen molar-refractivity contribution < 1.29 is 0 Å². The molecule has 2 heteroatoms. The molecular formula is C9H14N2. The lowest BCUT2D eigenvalue weighted by molar-refractivity contribution is 0.730. The highest BCUT2D eigenvalue weighted by Gasteiger charge is 2.01. The van der Waals surface area contributed by atoms with Crippen LogP contribution in [-0.4, -0.2) is 4.98 Å². The number of anilines is 1. The van der Waals surface area contributed by atoms with Crippen LogP contribution < -0.4 is 5.73 Å². The van der Waals surface area contributed by atoms with Crippen molar-refractivity contribution >= 4 is 5.69 Å². The van der Waals surface area contributed by atoms with Crippen LogP contribution in [-0.2, 0) is 0 Å². The van der Waals surface area contributed by atoms with Crippen molar-refractivity contribution in [3.8, 4) is 0 Å². The van der Waals surface area contributed by atoms with Gasteiger partial charge >= 0.3 is 0 Å². The second-order valence-electron chi connectivity index (χ2n) is 2.86. The van der Waals surface area contributed by atoms with Crippen LogP contribution >= 0.6 is 0 Å². The second-order valence-corrected chi connectivity index (χ2v) is 2.86. The zero-order valence-electron chi connectivity index (χ0n) is 7.04. The third-order valence-corrected chi connectivity index (χ3v) is 1.96. The fourth-order valence-corrected chi connectivity index (χ4v) is 0.982. The normalized spacial score (nSPS) is 12.9. The summed E-state index contributed by atoms with van der Waals surface area (Å²) >= 11 is 0. The molecule has 1 heterocycles. The molecule has 1 aromatic heterocycles. The summed E-state index contributed by atoms with van der Waals surface area (Å²) in [5.74, 6) is 0.561. The largest absolute Gasteiger partial charge is 0.397 e. The van der Waals surface area contributed by atoms with Crippen molar-refractivity contribution in [2.45, 2.75) is 26.2 Å². The van der Waals surface area contributed by atoms with Crippen molar-refractivity contribution in [3.05, 3.63) is 24.0 Å². The molecule has 0 unspecified atom stereocenters. The number of rotatable bonds is 2. The third-order valence-electron chi connectivity index (χ3n) is 1.96. The molecule has 0 fully saturated rings. The smallest absolute Gasteiger partial charge is 0.0503 e. The Balaban J connectivity index is 2.86. The van der Waals surface area contributed by atoms with E-state index in [2.05, 4.69) is 18.8 Å². The van der Waals surface area contributed by atoms with Crippen LogP contribution in [0.15, 0.2) is 18.5 Å². The maximum absolute atomic E-state index is 5.59. The van der Waals surface area contributed by atoms with E-state index in [1.807, 2.05) is 12.3 Å². The zero-order valence-corrected chi connectivity index (χ0v) is 7.04. The molecule has 0 aliphatic heterocycles. The Morgan fingerprint density at radius 2 is 2.27 bits per heavy atom. The second kappa shape index (κ2) is 3.37. The molecule has 0 amide bonds. The molecule has 0 spiro atoms. The molecule has 1 rings (SSSR count). The number of nitrogen functional groups attached to an aromatic ring is 1. The molecule has 2 nitrogen and oxygen atoms in total. The van der Waals surface area contributed by atoms with E-state index in [1.165, 1.54) is 5.56 Å². The summed E-state index contributed by atoms with van der Waals surface area (Å²) in [5.41, 5.74) is 7.57. The monoisotopic (exact) mass is 150 g/mol. The van der Waals surface area contributed by atoms with Crippen molar-refractivity contribution in [1.29, 1.82) is 0 Å². The van der Waals surface area contributed by atoms with Gasteiger partial charge in [-0.05, 0) is 24.0 Å². The fraction of sp³-hybridized carbons (Fsp3) is 0.444. The Morgan fingerprint density at radius 1 is 1.55 bits per heavy atom. The Morgan fingerprint density at radius 3 is 2.82 bits per heavy atom. The maximum atomic E-state index is 5.59. The minimum Gasteiger partial charge on any atom is -0.397 e. The number of nitrogens with two attached hydrogens (primary N) is 1. The van der Waals surface area contributed by atoms with E-state index in [9.17, 15) is 0 Å².